The number of benzene rings is 4. The van der Waals surface area contributed by atoms with Crippen LogP contribution in [0.5, 0.6) is 0 Å². The van der Waals surface area contributed by atoms with Crippen LogP contribution in [0.4, 0.5) is 13.2 Å². The van der Waals surface area contributed by atoms with Crippen molar-refractivity contribution in [3.8, 4) is 5.69 Å². The summed E-state index contributed by atoms with van der Waals surface area (Å²) in [7, 11) is 0. The molecule has 0 saturated carbocycles. The van der Waals surface area contributed by atoms with E-state index in [-0.39, 0.29) is 11.3 Å². The van der Waals surface area contributed by atoms with Crippen molar-refractivity contribution in [2.75, 3.05) is 6.54 Å². The van der Waals surface area contributed by atoms with Gasteiger partial charge in [0.15, 0.2) is 0 Å². The largest absolute Gasteiger partial charge is 0.418 e. The lowest BCUT2D eigenvalue weighted by atomic mass is 9.78. The van der Waals surface area contributed by atoms with Gasteiger partial charge in [-0.2, -0.15) is 13.2 Å². The van der Waals surface area contributed by atoms with Crippen molar-refractivity contribution in [1.82, 2.24) is 9.47 Å². The second-order valence-electron chi connectivity index (χ2n) is 9.80. The number of alkyl halides is 3. The third-order valence-electron chi connectivity index (χ3n) is 7.27. The molecule has 0 bridgehead atoms. The summed E-state index contributed by atoms with van der Waals surface area (Å²) in [5.41, 5.74) is 0.211. The van der Waals surface area contributed by atoms with Crippen molar-refractivity contribution in [2.45, 2.75) is 31.8 Å². The molecule has 0 aliphatic heterocycles. The molecule has 0 aliphatic carbocycles. The van der Waals surface area contributed by atoms with Crippen molar-refractivity contribution in [1.29, 1.82) is 0 Å². The van der Waals surface area contributed by atoms with Crippen LogP contribution in [0.1, 0.15) is 40.4 Å². The van der Waals surface area contributed by atoms with Crippen molar-refractivity contribution < 1.29 is 18.3 Å². The molecular weight excluding hydrogens is 509 g/mol. The summed E-state index contributed by atoms with van der Waals surface area (Å²) in [5, 5.41) is 12.5. The zero-order valence-corrected chi connectivity index (χ0v) is 22.2. The van der Waals surface area contributed by atoms with Crippen LogP contribution in [0, 0.1) is 0 Å². The number of hydrogen-bond acceptors (Lipinski definition) is 2. The third kappa shape index (κ3) is 5.46. The lowest BCUT2D eigenvalue weighted by Gasteiger charge is -2.34. The molecule has 40 heavy (non-hydrogen) atoms. The van der Waals surface area contributed by atoms with Crippen molar-refractivity contribution in [3.05, 3.63) is 161 Å². The summed E-state index contributed by atoms with van der Waals surface area (Å²) in [4.78, 5) is 2.18. The van der Waals surface area contributed by atoms with Crippen molar-refractivity contribution in [2.24, 2.45) is 0 Å². The van der Waals surface area contributed by atoms with Gasteiger partial charge in [0.25, 0.3) is 0 Å². The second kappa shape index (κ2) is 11.5. The quantitative estimate of drug-likeness (QED) is 0.193. The summed E-state index contributed by atoms with van der Waals surface area (Å²) in [6.07, 6.45) is -2.99. The lowest BCUT2D eigenvalue weighted by molar-refractivity contribution is -0.137. The molecule has 0 atom stereocenters. The smallest absolute Gasteiger partial charge is 0.376 e. The number of halogens is 3. The standard InChI is InChI=1S/C34H31F3N2O/c1-2-38(24-26-14-6-3-7-15-26)25-29-20-13-23-39(29)32-30(21-12-22-31(32)34(35,36)37)33(40,27-16-8-4-9-17-27)28-18-10-5-11-19-28/h3-23,40H,2,24-25H2,1H3. The number of para-hydroxylation sites is 1. The highest BCUT2D eigenvalue weighted by Gasteiger charge is 2.42. The van der Waals surface area contributed by atoms with E-state index in [9.17, 15) is 18.3 Å². The normalized spacial score (nSPS) is 12.2. The van der Waals surface area contributed by atoms with Crippen molar-refractivity contribution in [3.63, 3.8) is 0 Å². The van der Waals surface area contributed by atoms with E-state index < -0.39 is 17.3 Å². The summed E-state index contributed by atoms with van der Waals surface area (Å²) in [6, 6.07) is 35.4. The molecule has 1 N–H and O–H groups in total. The van der Waals surface area contributed by atoms with E-state index in [1.54, 1.807) is 71.4 Å². The van der Waals surface area contributed by atoms with Gasteiger partial charge in [-0.05, 0) is 41.4 Å². The number of rotatable bonds is 9. The predicted molar refractivity (Wildman–Crippen MR) is 152 cm³/mol. The van der Waals surface area contributed by atoms with Gasteiger partial charge in [0.2, 0.25) is 0 Å². The average molecular weight is 541 g/mol. The van der Waals surface area contributed by atoms with E-state index >= 15 is 0 Å². The Morgan fingerprint density at radius 1 is 0.650 bits per heavy atom. The molecule has 6 heteroatoms. The van der Waals surface area contributed by atoms with E-state index in [0.29, 0.717) is 36.5 Å². The van der Waals surface area contributed by atoms with E-state index in [2.05, 4.69) is 4.90 Å². The zero-order valence-electron chi connectivity index (χ0n) is 22.2. The van der Waals surface area contributed by atoms with Crippen LogP contribution in [0.15, 0.2) is 128 Å². The maximum atomic E-state index is 14.7. The van der Waals surface area contributed by atoms with E-state index in [0.717, 1.165) is 11.6 Å². The number of hydrogen-bond donors (Lipinski definition) is 1. The van der Waals surface area contributed by atoms with Crippen LogP contribution in [-0.4, -0.2) is 21.1 Å². The maximum absolute atomic E-state index is 14.7. The van der Waals surface area contributed by atoms with E-state index in [4.69, 9.17) is 0 Å². The minimum atomic E-state index is -4.64. The number of aromatic nitrogens is 1. The van der Waals surface area contributed by atoms with Gasteiger partial charge in [-0.25, -0.2) is 0 Å². The molecule has 0 saturated heterocycles. The first kappa shape index (κ1) is 27.4. The van der Waals surface area contributed by atoms with Crippen molar-refractivity contribution >= 4 is 0 Å². The molecule has 0 amide bonds. The number of nitrogens with zero attached hydrogens (tertiary/aromatic N) is 2. The Hall–Kier alpha value is -4.13. The molecule has 0 aliphatic rings. The molecule has 0 fully saturated rings. The van der Waals surface area contributed by atoms with Crippen LogP contribution in [0.2, 0.25) is 0 Å². The third-order valence-corrected chi connectivity index (χ3v) is 7.27. The molecule has 0 radical (unpaired) electrons. The molecule has 0 spiro atoms. The molecule has 3 nitrogen and oxygen atoms in total. The zero-order chi connectivity index (χ0) is 28.2. The van der Waals surface area contributed by atoms with Crippen LogP contribution in [-0.2, 0) is 24.9 Å². The minimum Gasteiger partial charge on any atom is -0.376 e. The van der Waals surface area contributed by atoms with Gasteiger partial charge in [-0.15, -0.1) is 0 Å². The first-order chi connectivity index (χ1) is 19.3. The van der Waals surface area contributed by atoms with Gasteiger partial charge >= 0.3 is 6.18 Å². The first-order valence-corrected chi connectivity index (χ1v) is 13.3. The first-order valence-electron chi connectivity index (χ1n) is 13.3. The average Bonchev–Trinajstić information content (AvgIpc) is 3.44. The highest BCUT2D eigenvalue weighted by Crippen LogP contribution is 2.44. The fourth-order valence-electron chi connectivity index (χ4n) is 5.27. The topological polar surface area (TPSA) is 28.4 Å². The van der Waals surface area contributed by atoms with Crippen LogP contribution < -0.4 is 0 Å². The summed E-state index contributed by atoms with van der Waals surface area (Å²) in [6.45, 7) is 3.84. The molecule has 1 heterocycles. The highest BCUT2D eigenvalue weighted by atomic mass is 19.4. The maximum Gasteiger partial charge on any atom is 0.418 e. The van der Waals surface area contributed by atoms with Crippen LogP contribution in [0.25, 0.3) is 5.69 Å². The Balaban J connectivity index is 1.70. The van der Waals surface area contributed by atoms with Gasteiger partial charge < -0.3 is 9.67 Å². The molecule has 204 valence electrons. The lowest BCUT2D eigenvalue weighted by Crippen LogP contribution is -2.32. The Bertz CT molecular complexity index is 1490. The molecule has 0 unspecified atom stereocenters. The molecular formula is C34H31F3N2O. The van der Waals surface area contributed by atoms with E-state index in [1.807, 2.05) is 55.5 Å². The molecule has 5 rings (SSSR count). The summed E-state index contributed by atoms with van der Waals surface area (Å²) in [5.74, 6) is 0. The van der Waals surface area contributed by atoms with Gasteiger partial charge in [-0.1, -0.05) is 110 Å². The monoisotopic (exact) mass is 540 g/mol. The Morgan fingerprint density at radius 2 is 1.20 bits per heavy atom. The minimum absolute atomic E-state index is 0.0824. The second-order valence-corrected chi connectivity index (χ2v) is 9.80. The van der Waals surface area contributed by atoms with E-state index in [1.165, 1.54) is 6.07 Å². The molecule has 4 aromatic carbocycles. The van der Waals surface area contributed by atoms with Crippen LogP contribution >= 0.6 is 0 Å². The van der Waals surface area contributed by atoms with Gasteiger partial charge in [0, 0.05) is 30.5 Å². The fraction of sp³-hybridized carbons (Fsp3) is 0.176. The Labute approximate surface area is 232 Å². The SMILES string of the molecule is CCN(Cc1ccccc1)Cc1cccn1-c1c(C(F)(F)F)cccc1C(O)(c1ccccc1)c1ccccc1. The van der Waals surface area contributed by atoms with Gasteiger partial charge in [0.1, 0.15) is 5.60 Å². The molecule has 5 aromatic rings. The Morgan fingerprint density at radius 3 is 1.75 bits per heavy atom. The summed E-state index contributed by atoms with van der Waals surface area (Å²) >= 11 is 0. The van der Waals surface area contributed by atoms with Crippen LogP contribution in [0.3, 0.4) is 0 Å². The predicted octanol–water partition coefficient (Wildman–Crippen LogP) is 7.80. The fourth-order valence-corrected chi connectivity index (χ4v) is 5.27. The Kier molecular flexibility index (Phi) is 7.92. The number of aliphatic hydroxyl groups is 1. The highest BCUT2D eigenvalue weighted by molar-refractivity contribution is 5.60. The summed E-state index contributed by atoms with van der Waals surface area (Å²) < 4.78 is 45.6. The molecule has 1 aromatic heterocycles. The van der Waals surface area contributed by atoms with Gasteiger partial charge in [-0.3, -0.25) is 4.90 Å². The van der Waals surface area contributed by atoms with Gasteiger partial charge in [0.05, 0.1) is 11.3 Å².